The number of piperidine rings is 1. The van der Waals surface area contributed by atoms with Crippen LogP contribution in [0.2, 0.25) is 0 Å². The van der Waals surface area contributed by atoms with Crippen molar-refractivity contribution in [2.75, 3.05) is 13.1 Å². The Kier molecular flexibility index (Phi) is 3.79. The van der Waals surface area contributed by atoms with Gasteiger partial charge in [0.15, 0.2) is 0 Å². The fraction of sp³-hybridized carbons (Fsp3) is 0.571. The van der Waals surface area contributed by atoms with E-state index in [2.05, 4.69) is 9.62 Å². The zero-order chi connectivity index (χ0) is 14.2. The number of hydrogen-bond donors (Lipinski definition) is 1. The summed E-state index contributed by atoms with van der Waals surface area (Å²) in [7, 11) is -3.54. The van der Waals surface area contributed by atoms with Crippen LogP contribution in [0.25, 0.3) is 0 Å². The molecule has 1 aromatic rings. The van der Waals surface area contributed by atoms with Crippen LogP contribution >= 0.6 is 11.6 Å². The second kappa shape index (κ2) is 5.30. The number of likely N-dealkylation sites (tertiary alicyclic amines) is 1. The van der Waals surface area contributed by atoms with Gasteiger partial charge in [0.2, 0.25) is 10.0 Å². The molecule has 1 aliphatic heterocycles. The molecule has 0 unspecified atom stereocenters. The summed E-state index contributed by atoms with van der Waals surface area (Å²) in [5, 5.41) is 0. The largest absolute Gasteiger partial charge is 0.300 e. The van der Waals surface area contributed by atoms with Crippen molar-refractivity contribution in [2.24, 2.45) is 0 Å². The highest BCUT2D eigenvalue weighted by molar-refractivity contribution is 7.89. The molecular weight excluding hydrogens is 296 g/mol. The van der Waals surface area contributed by atoms with Crippen LogP contribution in [-0.4, -0.2) is 37.4 Å². The second-order valence-electron chi connectivity index (χ2n) is 5.65. The predicted molar refractivity (Wildman–Crippen MR) is 79.2 cm³/mol. The van der Waals surface area contributed by atoms with Gasteiger partial charge in [-0.1, -0.05) is 18.2 Å². The summed E-state index contributed by atoms with van der Waals surface area (Å²) in [5.74, 6) is 0. The van der Waals surface area contributed by atoms with Crippen molar-refractivity contribution in [3.8, 4) is 0 Å². The number of halogens is 1. The van der Waals surface area contributed by atoms with E-state index >= 15 is 0 Å². The van der Waals surface area contributed by atoms with Gasteiger partial charge in [-0.3, -0.25) is 0 Å². The lowest BCUT2D eigenvalue weighted by Crippen LogP contribution is -2.51. The standard InChI is InChI=1S/C14H19ClN2O2S/c15-14(8-10-17(11-9-14)12-6-7-12)16-20(18,19)13-4-2-1-3-5-13/h1-5,12,16H,6-11H2. The van der Waals surface area contributed by atoms with E-state index < -0.39 is 15.0 Å². The lowest BCUT2D eigenvalue weighted by molar-refractivity contribution is 0.184. The third-order valence-corrected chi connectivity index (χ3v) is 6.16. The summed E-state index contributed by atoms with van der Waals surface area (Å²) in [6.45, 7) is 1.73. The van der Waals surface area contributed by atoms with Gasteiger partial charge in [-0.2, -0.15) is 4.72 Å². The fourth-order valence-electron chi connectivity index (χ4n) is 2.68. The number of hydrogen-bond acceptors (Lipinski definition) is 3. The van der Waals surface area contributed by atoms with Gasteiger partial charge in [0.25, 0.3) is 0 Å². The van der Waals surface area contributed by atoms with E-state index in [1.165, 1.54) is 12.8 Å². The third-order valence-electron chi connectivity index (χ3n) is 4.02. The molecule has 1 aliphatic carbocycles. The molecule has 4 nitrogen and oxygen atoms in total. The Balaban J connectivity index is 1.67. The number of rotatable bonds is 4. The molecule has 2 aliphatic rings. The van der Waals surface area contributed by atoms with Gasteiger partial charge in [0.05, 0.1) is 4.90 Å². The molecule has 1 N–H and O–H groups in total. The SMILES string of the molecule is O=S(=O)(NC1(Cl)CCN(C2CC2)CC1)c1ccccc1. The van der Waals surface area contributed by atoms with E-state index in [9.17, 15) is 8.42 Å². The first kappa shape index (κ1) is 14.3. The van der Waals surface area contributed by atoms with Gasteiger partial charge >= 0.3 is 0 Å². The highest BCUT2D eigenvalue weighted by Gasteiger charge is 2.40. The summed E-state index contributed by atoms with van der Waals surface area (Å²) in [4.78, 5) is 1.84. The van der Waals surface area contributed by atoms with E-state index in [0.29, 0.717) is 18.9 Å². The molecule has 2 fully saturated rings. The maximum Gasteiger partial charge on any atom is 0.242 e. The molecule has 20 heavy (non-hydrogen) atoms. The minimum Gasteiger partial charge on any atom is -0.300 e. The summed E-state index contributed by atoms with van der Waals surface area (Å²) >= 11 is 6.48. The zero-order valence-electron chi connectivity index (χ0n) is 11.3. The van der Waals surface area contributed by atoms with Crippen molar-refractivity contribution in [3.05, 3.63) is 30.3 Å². The molecule has 0 radical (unpaired) electrons. The lowest BCUT2D eigenvalue weighted by atomic mass is 10.1. The van der Waals surface area contributed by atoms with Crippen LogP contribution in [0.1, 0.15) is 25.7 Å². The maximum atomic E-state index is 12.3. The number of sulfonamides is 1. The van der Waals surface area contributed by atoms with Crippen LogP contribution in [0.4, 0.5) is 0 Å². The lowest BCUT2D eigenvalue weighted by Gasteiger charge is -2.37. The molecule has 0 amide bonds. The average molecular weight is 315 g/mol. The summed E-state index contributed by atoms with van der Waals surface area (Å²) in [6.07, 6.45) is 3.84. The van der Waals surface area contributed by atoms with Crippen molar-refractivity contribution < 1.29 is 8.42 Å². The van der Waals surface area contributed by atoms with Crippen molar-refractivity contribution in [1.82, 2.24) is 9.62 Å². The van der Waals surface area contributed by atoms with Crippen molar-refractivity contribution in [3.63, 3.8) is 0 Å². The fourth-order valence-corrected chi connectivity index (χ4v) is 4.48. The van der Waals surface area contributed by atoms with Gasteiger partial charge in [0, 0.05) is 19.1 Å². The Bertz CT molecular complexity index is 564. The molecule has 6 heteroatoms. The van der Waals surface area contributed by atoms with Crippen LogP contribution < -0.4 is 4.72 Å². The van der Waals surface area contributed by atoms with Crippen molar-refractivity contribution >= 4 is 21.6 Å². The molecule has 0 bridgehead atoms. The molecule has 0 spiro atoms. The second-order valence-corrected chi connectivity index (χ2v) is 8.06. The molecular formula is C14H19ClN2O2S. The first-order valence-corrected chi connectivity index (χ1v) is 8.87. The van der Waals surface area contributed by atoms with E-state index in [1.54, 1.807) is 30.3 Å². The molecule has 1 saturated carbocycles. The number of benzene rings is 1. The monoisotopic (exact) mass is 314 g/mol. The van der Waals surface area contributed by atoms with Crippen LogP contribution in [-0.2, 0) is 10.0 Å². The normalized spacial score (nSPS) is 23.6. The number of nitrogens with one attached hydrogen (secondary N) is 1. The number of alkyl halides is 1. The van der Waals surface area contributed by atoms with Gasteiger partial charge in [-0.25, -0.2) is 8.42 Å². The van der Waals surface area contributed by atoms with E-state index in [0.717, 1.165) is 13.1 Å². The molecule has 3 rings (SSSR count). The Morgan fingerprint density at radius 1 is 1.15 bits per heavy atom. The van der Waals surface area contributed by atoms with Gasteiger partial charge in [0.1, 0.15) is 5.00 Å². The van der Waals surface area contributed by atoms with E-state index in [-0.39, 0.29) is 4.90 Å². The van der Waals surface area contributed by atoms with Gasteiger partial charge < -0.3 is 4.90 Å². The number of nitrogens with zero attached hydrogens (tertiary/aromatic N) is 1. The van der Waals surface area contributed by atoms with E-state index in [1.807, 2.05) is 0 Å². The van der Waals surface area contributed by atoms with Crippen LogP contribution in [0.5, 0.6) is 0 Å². The molecule has 110 valence electrons. The first-order valence-electron chi connectivity index (χ1n) is 7.01. The van der Waals surface area contributed by atoms with Crippen molar-refractivity contribution in [1.29, 1.82) is 0 Å². The van der Waals surface area contributed by atoms with Crippen LogP contribution in [0, 0.1) is 0 Å². The molecule has 1 saturated heterocycles. The summed E-state index contributed by atoms with van der Waals surface area (Å²) in [5.41, 5.74) is 0. The van der Waals surface area contributed by atoms with Crippen LogP contribution in [0.15, 0.2) is 35.2 Å². The Hall–Kier alpha value is -0.620. The predicted octanol–water partition coefficient (Wildman–Crippen LogP) is 2.16. The van der Waals surface area contributed by atoms with Crippen LogP contribution in [0.3, 0.4) is 0 Å². The molecule has 1 aromatic carbocycles. The van der Waals surface area contributed by atoms with Crippen molar-refractivity contribution in [2.45, 2.75) is 41.6 Å². The minimum atomic E-state index is -3.54. The van der Waals surface area contributed by atoms with E-state index in [4.69, 9.17) is 11.6 Å². The highest BCUT2D eigenvalue weighted by Crippen LogP contribution is 2.34. The summed E-state index contributed by atoms with van der Waals surface area (Å²) < 4.78 is 27.3. The maximum absolute atomic E-state index is 12.3. The quantitative estimate of drug-likeness (QED) is 0.684. The Labute approximate surface area is 125 Å². The van der Waals surface area contributed by atoms with Gasteiger partial charge in [-0.15, -0.1) is 11.6 Å². The Morgan fingerprint density at radius 2 is 1.75 bits per heavy atom. The summed E-state index contributed by atoms with van der Waals surface area (Å²) in [6, 6.07) is 9.10. The first-order chi connectivity index (χ1) is 9.49. The average Bonchev–Trinajstić information content (AvgIpc) is 3.24. The highest BCUT2D eigenvalue weighted by atomic mass is 35.5. The molecule has 0 aromatic heterocycles. The molecule has 0 atom stereocenters. The smallest absolute Gasteiger partial charge is 0.242 e. The zero-order valence-corrected chi connectivity index (χ0v) is 12.8. The topological polar surface area (TPSA) is 49.4 Å². The van der Waals surface area contributed by atoms with Gasteiger partial charge in [-0.05, 0) is 37.8 Å². The molecule has 1 heterocycles. The third kappa shape index (κ3) is 3.17. The Morgan fingerprint density at radius 3 is 2.30 bits per heavy atom. The minimum absolute atomic E-state index is 0.268.